The summed E-state index contributed by atoms with van der Waals surface area (Å²) in [5.41, 5.74) is 6.58. The first-order valence-corrected chi connectivity index (χ1v) is 5.99. The zero-order valence-electron chi connectivity index (χ0n) is 10.9. The van der Waals surface area contributed by atoms with Crippen molar-refractivity contribution in [2.45, 2.75) is 6.92 Å². The van der Waals surface area contributed by atoms with Gasteiger partial charge in [0, 0.05) is 18.4 Å². The minimum absolute atomic E-state index is 0.0937. The maximum atomic E-state index is 13.0. The van der Waals surface area contributed by atoms with Gasteiger partial charge in [-0.3, -0.25) is 0 Å². The molecule has 0 atom stereocenters. The summed E-state index contributed by atoms with van der Waals surface area (Å²) in [6.45, 7) is 2.51. The number of aromatic nitrogens is 2. The number of amidine groups is 1. The highest BCUT2D eigenvalue weighted by atomic mass is 19.1. The molecule has 104 valence electrons. The third-order valence-corrected chi connectivity index (χ3v) is 2.71. The lowest BCUT2D eigenvalue weighted by molar-refractivity contribution is 0.318. The molecule has 6 nitrogen and oxygen atoms in total. The van der Waals surface area contributed by atoms with Gasteiger partial charge in [0.2, 0.25) is 5.95 Å². The molecule has 0 amide bonds. The van der Waals surface area contributed by atoms with Crippen LogP contribution in [0.2, 0.25) is 0 Å². The fourth-order valence-electron chi connectivity index (χ4n) is 1.73. The molecule has 2 aromatic rings. The number of halogens is 1. The number of nitrogens with zero attached hydrogens (tertiary/aromatic N) is 4. The SMILES string of the molecule is CCN(c1ccc(F)cc1)c1nccc(/C(N)=N/O)n1. The highest BCUT2D eigenvalue weighted by molar-refractivity contribution is 5.95. The van der Waals surface area contributed by atoms with E-state index in [-0.39, 0.29) is 11.7 Å². The number of hydrogen-bond donors (Lipinski definition) is 2. The monoisotopic (exact) mass is 275 g/mol. The molecule has 0 unspecified atom stereocenters. The molecule has 2 rings (SSSR count). The van der Waals surface area contributed by atoms with Crippen LogP contribution in [0.5, 0.6) is 0 Å². The standard InChI is InChI=1S/C13H14FN5O/c1-2-19(10-5-3-9(14)4-6-10)13-16-8-7-11(17-13)12(15)18-20/h3-8,20H,2H2,1H3,(H2,15,18). The molecular weight excluding hydrogens is 261 g/mol. The number of anilines is 2. The van der Waals surface area contributed by atoms with Crippen molar-refractivity contribution < 1.29 is 9.60 Å². The minimum Gasteiger partial charge on any atom is -0.409 e. The quantitative estimate of drug-likeness (QED) is 0.385. The number of rotatable bonds is 4. The van der Waals surface area contributed by atoms with Crippen molar-refractivity contribution in [2.75, 3.05) is 11.4 Å². The predicted octanol–water partition coefficient (Wildman–Crippen LogP) is 1.87. The van der Waals surface area contributed by atoms with E-state index in [2.05, 4.69) is 15.1 Å². The molecule has 0 spiro atoms. The topological polar surface area (TPSA) is 87.6 Å². The van der Waals surface area contributed by atoms with E-state index in [9.17, 15) is 4.39 Å². The lowest BCUT2D eigenvalue weighted by Gasteiger charge is -2.21. The summed E-state index contributed by atoms with van der Waals surface area (Å²) < 4.78 is 13.0. The second-order valence-corrected chi connectivity index (χ2v) is 3.95. The van der Waals surface area contributed by atoms with E-state index in [0.29, 0.717) is 18.2 Å². The Morgan fingerprint density at radius 2 is 2.05 bits per heavy atom. The molecule has 0 saturated heterocycles. The Morgan fingerprint density at radius 3 is 2.65 bits per heavy atom. The summed E-state index contributed by atoms with van der Waals surface area (Å²) in [5, 5.41) is 11.6. The molecule has 7 heteroatoms. The van der Waals surface area contributed by atoms with Crippen LogP contribution in [0.15, 0.2) is 41.7 Å². The lowest BCUT2D eigenvalue weighted by atomic mass is 10.3. The first kappa shape index (κ1) is 13.7. The molecule has 20 heavy (non-hydrogen) atoms. The van der Waals surface area contributed by atoms with E-state index < -0.39 is 0 Å². The minimum atomic E-state index is -0.309. The van der Waals surface area contributed by atoms with Crippen molar-refractivity contribution in [1.29, 1.82) is 0 Å². The summed E-state index contributed by atoms with van der Waals surface area (Å²) >= 11 is 0. The van der Waals surface area contributed by atoms with Gasteiger partial charge in [0.25, 0.3) is 0 Å². The molecule has 0 bridgehead atoms. The summed E-state index contributed by atoms with van der Waals surface area (Å²) in [5.74, 6) is -0.0110. The predicted molar refractivity (Wildman–Crippen MR) is 73.6 cm³/mol. The van der Waals surface area contributed by atoms with Gasteiger partial charge in [0.15, 0.2) is 5.84 Å². The second-order valence-electron chi connectivity index (χ2n) is 3.95. The van der Waals surface area contributed by atoms with Gasteiger partial charge < -0.3 is 15.8 Å². The molecule has 1 heterocycles. The van der Waals surface area contributed by atoms with Gasteiger partial charge in [-0.1, -0.05) is 5.16 Å². The van der Waals surface area contributed by atoms with Gasteiger partial charge in [-0.15, -0.1) is 0 Å². The van der Waals surface area contributed by atoms with Gasteiger partial charge >= 0.3 is 0 Å². The van der Waals surface area contributed by atoms with Crippen LogP contribution in [0.1, 0.15) is 12.6 Å². The van der Waals surface area contributed by atoms with Crippen molar-refractivity contribution in [3.05, 3.63) is 48.0 Å². The number of nitrogens with two attached hydrogens (primary N) is 1. The van der Waals surface area contributed by atoms with E-state index in [1.54, 1.807) is 17.0 Å². The Labute approximate surface area is 115 Å². The van der Waals surface area contributed by atoms with Crippen LogP contribution in [0, 0.1) is 5.82 Å². The normalized spacial score (nSPS) is 11.4. The largest absolute Gasteiger partial charge is 0.409 e. The maximum absolute atomic E-state index is 13.0. The van der Waals surface area contributed by atoms with E-state index >= 15 is 0 Å². The van der Waals surface area contributed by atoms with Gasteiger partial charge in [-0.25, -0.2) is 14.4 Å². The first-order valence-electron chi connectivity index (χ1n) is 5.99. The smallest absolute Gasteiger partial charge is 0.230 e. The van der Waals surface area contributed by atoms with Crippen LogP contribution < -0.4 is 10.6 Å². The van der Waals surface area contributed by atoms with E-state index in [0.717, 1.165) is 5.69 Å². The average molecular weight is 275 g/mol. The van der Waals surface area contributed by atoms with Gasteiger partial charge in [-0.2, -0.15) is 0 Å². The third-order valence-electron chi connectivity index (χ3n) is 2.71. The Morgan fingerprint density at radius 1 is 1.35 bits per heavy atom. The fourth-order valence-corrected chi connectivity index (χ4v) is 1.73. The van der Waals surface area contributed by atoms with Crippen LogP contribution in [0.3, 0.4) is 0 Å². The second kappa shape index (κ2) is 5.96. The Bertz CT molecular complexity index is 614. The van der Waals surface area contributed by atoms with Gasteiger partial charge in [0.05, 0.1) is 0 Å². The molecule has 1 aromatic carbocycles. The van der Waals surface area contributed by atoms with E-state index in [4.69, 9.17) is 10.9 Å². The first-order chi connectivity index (χ1) is 9.65. The summed E-state index contributed by atoms with van der Waals surface area (Å²) in [6, 6.07) is 7.55. The van der Waals surface area contributed by atoms with Crippen LogP contribution in [0.4, 0.5) is 16.0 Å². The third kappa shape index (κ3) is 2.82. The van der Waals surface area contributed by atoms with E-state index in [1.165, 1.54) is 24.4 Å². The van der Waals surface area contributed by atoms with Crippen molar-refractivity contribution in [1.82, 2.24) is 9.97 Å². The zero-order chi connectivity index (χ0) is 14.5. The van der Waals surface area contributed by atoms with Crippen LogP contribution in [-0.4, -0.2) is 27.6 Å². The highest BCUT2D eigenvalue weighted by Crippen LogP contribution is 2.21. The zero-order valence-corrected chi connectivity index (χ0v) is 10.9. The van der Waals surface area contributed by atoms with Gasteiger partial charge in [-0.05, 0) is 37.3 Å². The molecule has 0 aliphatic rings. The number of oxime groups is 1. The van der Waals surface area contributed by atoms with Crippen LogP contribution in [-0.2, 0) is 0 Å². The number of hydrogen-bond acceptors (Lipinski definition) is 5. The molecule has 0 saturated carbocycles. The van der Waals surface area contributed by atoms with Crippen LogP contribution >= 0.6 is 0 Å². The summed E-state index contributed by atoms with van der Waals surface area (Å²) in [4.78, 5) is 10.2. The highest BCUT2D eigenvalue weighted by Gasteiger charge is 2.12. The van der Waals surface area contributed by atoms with Crippen LogP contribution in [0.25, 0.3) is 0 Å². The summed E-state index contributed by atoms with van der Waals surface area (Å²) in [6.07, 6.45) is 1.52. The Hall–Kier alpha value is -2.70. The number of benzene rings is 1. The van der Waals surface area contributed by atoms with Crippen molar-refractivity contribution >= 4 is 17.5 Å². The molecule has 0 aliphatic heterocycles. The molecule has 0 fully saturated rings. The average Bonchev–Trinajstić information content (AvgIpc) is 2.49. The van der Waals surface area contributed by atoms with Crippen molar-refractivity contribution in [3.63, 3.8) is 0 Å². The lowest BCUT2D eigenvalue weighted by Crippen LogP contribution is -2.22. The molecule has 1 aromatic heterocycles. The maximum Gasteiger partial charge on any atom is 0.230 e. The van der Waals surface area contributed by atoms with Gasteiger partial charge in [0.1, 0.15) is 11.5 Å². The molecule has 0 aliphatic carbocycles. The van der Waals surface area contributed by atoms with E-state index in [1.807, 2.05) is 6.92 Å². The summed E-state index contributed by atoms with van der Waals surface area (Å²) in [7, 11) is 0. The molecule has 0 radical (unpaired) electrons. The van der Waals surface area contributed by atoms with Crippen molar-refractivity contribution in [3.8, 4) is 0 Å². The fraction of sp³-hybridized carbons (Fsp3) is 0.154. The molecule has 3 N–H and O–H groups in total. The Balaban J connectivity index is 2.39. The molecular formula is C13H14FN5O. The Kier molecular flexibility index (Phi) is 4.09. The van der Waals surface area contributed by atoms with Crippen molar-refractivity contribution in [2.24, 2.45) is 10.9 Å².